The Morgan fingerprint density at radius 1 is 1.39 bits per heavy atom. The zero-order valence-electron chi connectivity index (χ0n) is 12.6. The van der Waals surface area contributed by atoms with E-state index in [1.165, 1.54) is 11.3 Å². The van der Waals surface area contributed by atoms with E-state index in [2.05, 4.69) is 10.3 Å². The summed E-state index contributed by atoms with van der Waals surface area (Å²) in [7, 11) is 0. The van der Waals surface area contributed by atoms with Gasteiger partial charge in [-0.25, -0.2) is 4.98 Å². The van der Waals surface area contributed by atoms with Crippen LogP contribution >= 0.6 is 11.3 Å². The third-order valence-corrected chi connectivity index (χ3v) is 4.57. The van der Waals surface area contributed by atoms with Crippen LogP contribution < -0.4 is 16.0 Å². The molecule has 23 heavy (non-hydrogen) atoms. The molecule has 2 heterocycles. The number of benzene rings is 1. The highest BCUT2D eigenvalue weighted by Crippen LogP contribution is 2.29. The topological polar surface area (TPSA) is 88.3 Å². The lowest BCUT2D eigenvalue weighted by Crippen LogP contribution is -2.25. The van der Waals surface area contributed by atoms with Crippen LogP contribution in [0.2, 0.25) is 0 Å². The fraction of sp³-hybridized carbons (Fsp3) is 0.312. The Morgan fingerprint density at radius 2 is 2.22 bits per heavy atom. The molecule has 0 spiro atoms. The Hall–Kier alpha value is -2.25. The summed E-state index contributed by atoms with van der Waals surface area (Å²) >= 11 is 1.43. The highest BCUT2D eigenvalue weighted by Gasteiger charge is 2.24. The maximum Gasteiger partial charge on any atom is 0.275 e. The van der Waals surface area contributed by atoms with Crippen molar-refractivity contribution in [1.29, 1.82) is 0 Å². The van der Waals surface area contributed by atoms with Crippen LogP contribution in [-0.2, 0) is 11.2 Å². The summed E-state index contributed by atoms with van der Waals surface area (Å²) in [6.45, 7) is 1.19. The standard InChI is InChI=1S/C16H18N4O2S/c17-8-7-14-18-12(10-23-14)16(22)19-11-4-1-2-5-13(11)20-9-3-6-15(20)21/h1-2,4-5,10H,3,6-9,17H2,(H,19,22). The smallest absolute Gasteiger partial charge is 0.275 e. The maximum absolute atomic E-state index is 12.4. The molecule has 0 aliphatic carbocycles. The van der Waals surface area contributed by atoms with Crippen molar-refractivity contribution in [3.05, 3.63) is 40.3 Å². The van der Waals surface area contributed by atoms with Crippen LogP contribution in [-0.4, -0.2) is 29.9 Å². The Balaban J connectivity index is 1.79. The van der Waals surface area contributed by atoms with E-state index in [1.54, 1.807) is 16.3 Å². The minimum absolute atomic E-state index is 0.0885. The molecule has 1 aromatic heterocycles. The van der Waals surface area contributed by atoms with Crippen molar-refractivity contribution in [3.8, 4) is 0 Å². The van der Waals surface area contributed by atoms with Crippen LogP contribution in [0.4, 0.5) is 11.4 Å². The fourth-order valence-corrected chi connectivity index (χ4v) is 3.35. The molecule has 1 aliphatic heterocycles. The zero-order chi connectivity index (χ0) is 16.2. The predicted molar refractivity (Wildman–Crippen MR) is 90.9 cm³/mol. The average molecular weight is 330 g/mol. The molecule has 0 radical (unpaired) electrons. The molecule has 0 saturated carbocycles. The number of aromatic nitrogens is 1. The van der Waals surface area contributed by atoms with Gasteiger partial charge < -0.3 is 16.0 Å². The lowest BCUT2D eigenvalue weighted by molar-refractivity contribution is -0.117. The van der Waals surface area contributed by atoms with Gasteiger partial charge >= 0.3 is 0 Å². The quantitative estimate of drug-likeness (QED) is 0.878. The first-order chi connectivity index (χ1) is 11.2. The minimum atomic E-state index is -0.274. The normalized spacial score (nSPS) is 14.3. The van der Waals surface area contributed by atoms with Crippen molar-refractivity contribution in [3.63, 3.8) is 0 Å². The van der Waals surface area contributed by atoms with Gasteiger partial charge in [0.1, 0.15) is 5.69 Å². The van der Waals surface area contributed by atoms with Gasteiger partial charge in [-0.1, -0.05) is 12.1 Å². The van der Waals surface area contributed by atoms with Gasteiger partial charge in [0.2, 0.25) is 5.91 Å². The predicted octanol–water partition coefficient (Wildman–Crippen LogP) is 2.02. The Labute approximate surface area is 138 Å². The number of anilines is 2. The largest absolute Gasteiger partial charge is 0.330 e. The number of nitrogens with zero attached hydrogens (tertiary/aromatic N) is 2. The molecule has 120 valence electrons. The van der Waals surface area contributed by atoms with Crippen molar-refractivity contribution < 1.29 is 9.59 Å². The molecule has 1 saturated heterocycles. The number of para-hydroxylation sites is 2. The van der Waals surface area contributed by atoms with E-state index >= 15 is 0 Å². The van der Waals surface area contributed by atoms with Crippen LogP contribution in [0.3, 0.4) is 0 Å². The van der Waals surface area contributed by atoms with Gasteiger partial charge in [-0.2, -0.15) is 0 Å². The molecule has 1 aliphatic rings. The molecule has 7 heteroatoms. The molecule has 3 rings (SSSR count). The lowest BCUT2D eigenvalue weighted by Gasteiger charge is -2.19. The SMILES string of the molecule is NCCc1nc(C(=O)Nc2ccccc2N2CCCC2=O)cs1. The molecule has 0 atom stereocenters. The summed E-state index contributed by atoms with van der Waals surface area (Å²) in [5.74, 6) is -0.186. The second-order valence-electron chi connectivity index (χ2n) is 5.29. The number of carbonyl (C=O) groups is 2. The summed E-state index contributed by atoms with van der Waals surface area (Å²) in [6, 6.07) is 7.34. The van der Waals surface area contributed by atoms with Crippen molar-refractivity contribution in [1.82, 2.24) is 4.98 Å². The van der Waals surface area contributed by atoms with Crippen molar-refractivity contribution in [2.75, 3.05) is 23.3 Å². The molecular formula is C16H18N4O2S. The second-order valence-corrected chi connectivity index (χ2v) is 6.23. The van der Waals surface area contributed by atoms with E-state index < -0.39 is 0 Å². The summed E-state index contributed by atoms with van der Waals surface area (Å²) in [5, 5.41) is 5.43. The van der Waals surface area contributed by atoms with Crippen LogP contribution in [0.15, 0.2) is 29.6 Å². The molecular weight excluding hydrogens is 312 g/mol. The molecule has 6 nitrogen and oxygen atoms in total. The maximum atomic E-state index is 12.4. The Bertz CT molecular complexity index is 728. The monoisotopic (exact) mass is 330 g/mol. The van der Waals surface area contributed by atoms with Gasteiger partial charge in [0.15, 0.2) is 0 Å². The highest BCUT2D eigenvalue weighted by molar-refractivity contribution is 7.09. The number of carbonyl (C=O) groups excluding carboxylic acids is 2. The fourth-order valence-electron chi connectivity index (χ4n) is 2.56. The Morgan fingerprint density at radius 3 is 2.96 bits per heavy atom. The second kappa shape index (κ2) is 6.89. The van der Waals surface area contributed by atoms with E-state index in [4.69, 9.17) is 5.73 Å². The third-order valence-electron chi connectivity index (χ3n) is 3.66. The van der Waals surface area contributed by atoms with E-state index in [-0.39, 0.29) is 11.8 Å². The molecule has 3 N–H and O–H groups in total. The minimum Gasteiger partial charge on any atom is -0.330 e. The zero-order valence-corrected chi connectivity index (χ0v) is 13.4. The summed E-state index contributed by atoms with van der Waals surface area (Å²) in [5.41, 5.74) is 7.24. The van der Waals surface area contributed by atoms with Crippen molar-refractivity contribution in [2.45, 2.75) is 19.3 Å². The van der Waals surface area contributed by atoms with Gasteiger partial charge in [-0.3, -0.25) is 9.59 Å². The average Bonchev–Trinajstić information content (AvgIpc) is 3.17. The van der Waals surface area contributed by atoms with Crippen LogP contribution in [0, 0.1) is 0 Å². The number of nitrogens with one attached hydrogen (secondary N) is 1. The number of hydrogen-bond donors (Lipinski definition) is 2. The van der Waals surface area contributed by atoms with Crippen LogP contribution in [0.5, 0.6) is 0 Å². The summed E-state index contributed by atoms with van der Waals surface area (Å²) in [4.78, 5) is 30.3. The van der Waals surface area contributed by atoms with E-state index in [1.807, 2.05) is 18.2 Å². The van der Waals surface area contributed by atoms with Gasteiger partial charge in [0.05, 0.1) is 16.4 Å². The van der Waals surface area contributed by atoms with Gasteiger partial charge in [0.25, 0.3) is 5.91 Å². The summed E-state index contributed by atoms with van der Waals surface area (Å²) < 4.78 is 0. The number of rotatable bonds is 5. The number of thiazole rings is 1. The molecule has 0 unspecified atom stereocenters. The first kappa shape index (κ1) is 15.6. The number of hydrogen-bond acceptors (Lipinski definition) is 5. The molecule has 1 aromatic carbocycles. The number of amides is 2. The van der Waals surface area contributed by atoms with E-state index in [0.29, 0.717) is 37.3 Å². The first-order valence-corrected chi connectivity index (χ1v) is 8.42. The summed E-state index contributed by atoms with van der Waals surface area (Å²) in [6.07, 6.45) is 2.06. The van der Waals surface area contributed by atoms with Gasteiger partial charge in [-0.05, 0) is 25.1 Å². The van der Waals surface area contributed by atoms with Gasteiger partial charge in [-0.15, -0.1) is 11.3 Å². The van der Waals surface area contributed by atoms with E-state index in [0.717, 1.165) is 17.1 Å². The third kappa shape index (κ3) is 3.40. The lowest BCUT2D eigenvalue weighted by atomic mass is 10.2. The molecule has 2 amide bonds. The molecule has 2 aromatic rings. The van der Waals surface area contributed by atoms with Gasteiger partial charge in [0, 0.05) is 24.8 Å². The molecule has 1 fully saturated rings. The van der Waals surface area contributed by atoms with Crippen molar-refractivity contribution >= 4 is 34.5 Å². The van der Waals surface area contributed by atoms with Crippen LogP contribution in [0.1, 0.15) is 28.3 Å². The highest BCUT2D eigenvalue weighted by atomic mass is 32.1. The van der Waals surface area contributed by atoms with E-state index in [9.17, 15) is 9.59 Å². The van der Waals surface area contributed by atoms with Crippen LogP contribution in [0.25, 0.3) is 0 Å². The van der Waals surface area contributed by atoms with Crippen molar-refractivity contribution in [2.24, 2.45) is 5.73 Å². The molecule has 0 bridgehead atoms. The Kier molecular flexibility index (Phi) is 4.68. The first-order valence-electron chi connectivity index (χ1n) is 7.54. The number of nitrogens with two attached hydrogens (primary N) is 1.